The van der Waals surface area contributed by atoms with E-state index in [1.54, 1.807) is 23.1 Å². The number of piperidine rings is 1. The van der Waals surface area contributed by atoms with E-state index in [1.165, 1.54) is 12.1 Å². The summed E-state index contributed by atoms with van der Waals surface area (Å²) < 4.78 is 39.6. The van der Waals surface area contributed by atoms with Gasteiger partial charge in [0.2, 0.25) is 28.1 Å². The van der Waals surface area contributed by atoms with E-state index >= 15 is 0 Å². The largest absolute Gasteiger partial charge is 0.507 e. The predicted octanol–water partition coefficient (Wildman–Crippen LogP) is 0.868. The molecule has 0 saturated carbocycles. The fourth-order valence-corrected chi connectivity index (χ4v) is 6.38. The number of carboxylic acid groups (broad SMARTS) is 1. The van der Waals surface area contributed by atoms with Crippen molar-refractivity contribution in [3.63, 3.8) is 0 Å². The number of ether oxygens (including phenoxy) is 2. The number of carbonyl (C=O) groups is 3. The van der Waals surface area contributed by atoms with Crippen molar-refractivity contribution < 1.29 is 37.4 Å². The van der Waals surface area contributed by atoms with Crippen LogP contribution in [0.25, 0.3) is 10.8 Å². The summed E-state index contributed by atoms with van der Waals surface area (Å²) in [7, 11) is -4.29. The van der Waals surface area contributed by atoms with Gasteiger partial charge in [-0.15, -0.1) is 0 Å². The van der Waals surface area contributed by atoms with E-state index in [2.05, 4.69) is 10.0 Å². The molecule has 0 radical (unpaired) electrons. The molecule has 2 amide bonds. The Labute approximate surface area is 243 Å². The van der Waals surface area contributed by atoms with Crippen molar-refractivity contribution in [2.24, 2.45) is 11.7 Å². The van der Waals surface area contributed by atoms with E-state index in [4.69, 9.17) is 20.6 Å². The standard InChI is InChI=1S/C27H36N6O8S/c28-26(29)32-10-3-5-18(16-32)15-30-23(34)14-22(25(35)33-11-4-12-40-17-24(33)41-27(36)37)31-42(38,39)21-9-8-19-6-1-2-7-20(19)13-21/h1-2,6-9,13,18,22,24,31H,3-5,10-12,14-17H2,(H3,28,29)(H,30,34)(H,36,37)/t18-,22-,24+/m0/s1. The molecule has 3 atom stereocenters. The summed E-state index contributed by atoms with van der Waals surface area (Å²) in [5.74, 6) is -1.41. The molecule has 2 aliphatic rings. The Morgan fingerprint density at radius 3 is 2.64 bits per heavy atom. The van der Waals surface area contributed by atoms with Crippen molar-refractivity contribution in [3.05, 3.63) is 42.5 Å². The Bertz CT molecular complexity index is 1420. The van der Waals surface area contributed by atoms with E-state index in [9.17, 15) is 27.9 Å². The van der Waals surface area contributed by atoms with Crippen LogP contribution >= 0.6 is 0 Å². The third kappa shape index (κ3) is 8.08. The van der Waals surface area contributed by atoms with Crippen LogP contribution in [0.2, 0.25) is 0 Å². The quantitative estimate of drug-likeness (QED) is 0.155. The van der Waals surface area contributed by atoms with Crippen molar-refractivity contribution in [2.75, 3.05) is 39.4 Å². The molecule has 15 heteroatoms. The molecule has 2 aromatic carbocycles. The summed E-state index contributed by atoms with van der Waals surface area (Å²) in [6, 6.07) is 10.2. The first kappa shape index (κ1) is 31.0. The van der Waals surface area contributed by atoms with Crippen molar-refractivity contribution in [3.8, 4) is 0 Å². The van der Waals surface area contributed by atoms with Gasteiger partial charge in [0.05, 0.1) is 11.3 Å². The Morgan fingerprint density at radius 1 is 1.14 bits per heavy atom. The van der Waals surface area contributed by atoms with Crippen LogP contribution in [0, 0.1) is 11.3 Å². The summed E-state index contributed by atoms with van der Waals surface area (Å²) in [5.41, 5.74) is 5.60. The van der Waals surface area contributed by atoms with Gasteiger partial charge in [-0.2, -0.15) is 4.72 Å². The number of nitrogens with one attached hydrogen (secondary N) is 3. The van der Waals surface area contributed by atoms with Gasteiger partial charge < -0.3 is 35.4 Å². The maximum Gasteiger partial charge on any atom is 0.507 e. The van der Waals surface area contributed by atoms with E-state index in [-0.39, 0.29) is 43.1 Å². The lowest BCUT2D eigenvalue weighted by atomic mass is 9.98. The van der Waals surface area contributed by atoms with Crippen LogP contribution in [0.5, 0.6) is 0 Å². The Kier molecular flexibility index (Phi) is 10.2. The molecule has 228 valence electrons. The molecule has 0 unspecified atom stereocenters. The smallest absolute Gasteiger partial charge is 0.450 e. The molecule has 0 aliphatic carbocycles. The SMILES string of the molecule is N=C(N)N1CCC[C@@H](CNC(=O)C[C@H](NS(=O)(=O)c2ccc3ccccc3c2)C(=O)N2CCCOC[C@H]2OC(=O)O)C1. The van der Waals surface area contributed by atoms with Crippen molar-refractivity contribution in [1.82, 2.24) is 19.8 Å². The first-order chi connectivity index (χ1) is 20.0. The molecule has 2 aliphatic heterocycles. The molecule has 14 nitrogen and oxygen atoms in total. The third-order valence-electron chi connectivity index (χ3n) is 7.28. The molecular weight excluding hydrogens is 568 g/mol. The minimum Gasteiger partial charge on any atom is -0.450 e. The predicted molar refractivity (Wildman–Crippen MR) is 152 cm³/mol. The average Bonchev–Trinajstić information content (AvgIpc) is 3.20. The number of benzene rings is 2. The van der Waals surface area contributed by atoms with Gasteiger partial charge in [0.1, 0.15) is 12.6 Å². The van der Waals surface area contributed by atoms with E-state index in [0.29, 0.717) is 24.9 Å². The van der Waals surface area contributed by atoms with Gasteiger partial charge in [-0.3, -0.25) is 15.0 Å². The number of fused-ring (bicyclic) bond motifs is 1. The molecule has 0 aromatic heterocycles. The van der Waals surface area contributed by atoms with Gasteiger partial charge >= 0.3 is 6.16 Å². The van der Waals surface area contributed by atoms with Crippen molar-refractivity contribution >= 4 is 44.7 Å². The number of nitrogens with zero attached hydrogens (tertiary/aromatic N) is 2. The summed E-state index contributed by atoms with van der Waals surface area (Å²) in [5, 5.41) is 21.1. The normalized spacial score (nSPS) is 20.4. The van der Waals surface area contributed by atoms with Gasteiger partial charge in [-0.05, 0) is 48.1 Å². The minimum atomic E-state index is -4.29. The zero-order valence-corrected chi connectivity index (χ0v) is 23.8. The number of carbonyl (C=O) groups excluding carboxylic acids is 2. The molecule has 42 heavy (non-hydrogen) atoms. The van der Waals surface area contributed by atoms with Crippen molar-refractivity contribution in [1.29, 1.82) is 5.41 Å². The summed E-state index contributed by atoms with van der Waals surface area (Å²) in [6.45, 7) is 1.46. The van der Waals surface area contributed by atoms with Gasteiger partial charge in [0.15, 0.2) is 5.96 Å². The zero-order valence-electron chi connectivity index (χ0n) is 23.0. The van der Waals surface area contributed by atoms with E-state index in [1.807, 2.05) is 12.1 Å². The Morgan fingerprint density at radius 2 is 1.90 bits per heavy atom. The molecule has 2 saturated heterocycles. The number of likely N-dealkylation sites (tertiary alicyclic amines) is 1. The molecule has 0 spiro atoms. The second-order valence-corrected chi connectivity index (χ2v) is 12.0. The highest BCUT2D eigenvalue weighted by Gasteiger charge is 2.37. The van der Waals surface area contributed by atoms with E-state index < -0.39 is 46.7 Å². The maximum absolute atomic E-state index is 13.8. The lowest BCUT2D eigenvalue weighted by molar-refractivity contribution is -0.147. The summed E-state index contributed by atoms with van der Waals surface area (Å²) >= 11 is 0. The van der Waals surface area contributed by atoms with Gasteiger partial charge in [-0.1, -0.05) is 30.3 Å². The summed E-state index contributed by atoms with van der Waals surface area (Å²) in [4.78, 5) is 40.9. The number of rotatable bonds is 9. The highest BCUT2D eigenvalue weighted by molar-refractivity contribution is 7.89. The average molecular weight is 605 g/mol. The second kappa shape index (κ2) is 13.8. The first-order valence-corrected chi connectivity index (χ1v) is 15.2. The fourth-order valence-electron chi connectivity index (χ4n) is 5.16. The van der Waals surface area contributed by atoms with Crippen LogP contribution in [0.4, 0.5) is 4.79 Å². The van der Waals surface area contributed by atoms with E-state index in [0.717, 1.165) is 23.1 Å². The number of hydrogen-bond acceptors (Lipinski definition) is 8. The van der Waals surface area contributed by atoms with Gasteiger partial charge in [-0.25, -0.2) is 13.2 Å². The first-order valence-electron chi connectivity index (χ1n) is 13.7. The van der Waals surface area contributed by atoms with Crippen LogP contribution in [0.15, 0.2) is 47.4 Å². The third-order valence-corrected chi connectivity index (χ3v) is 8.75. The number of guanidine groups is 1. The van der Waals surface area contributed by atoms with Crippen LogP contribution in [0.1, 0.15) is 25.7 Å². The zero-order chi connectivity index (χ0) is 30.3. The second-order valence-electron chi connectivity index (χ2n) is 10.3. The molecule has 0 bridgehead atoms. The Balaban J connectivity index is 1.54. The fraction of sp³-hybridized carbons (Fsp3) is 0.481. The maximum atomic E-state index is 13.8. The molecule has 2 heterocycles. The van der Waals surface area contributed by atoms with Gasteiger partial charge in [0.25, 0.3) is 0 Å². The Hall–Kier alpha value is -3.95. The topological polar surface area (TPSA) is 204 Å². The highest BCUT2D eigenvalue weighted by atomic mass is 32.2. The molecule has 4 rings (SSSR count). The summed E-state index contributed by atoms with van der Waals surface area (Å²) in [6.07, 6.45) is -1.51. The molecule has 2 aromatic rings. The highest BCUT2D eigenvalue weighted by Crippen LogP contribution is 2.21. The number of hydrogen-bond donors (Lipinski definition) is 5. The lowest BCUT2D eigenvalue weighted by Gasteiger charge is -2.33. The molecule has 6 N–H and O–H groups in total. The van der Waals surface area contributed by atoms with Crippen LogP contribution in [-0.4, -0.2) is 98.9 Å². The lowest BCUT2D eigenvalue weighted by Crippen LogP contribution is -2.55. The van der Waals surface area contributed by atoms with Crippen molar-refractivity contribution in [2.45, 2.75) is 42.8 Å². The van der Waals surface area contributed by atoms with Crippen LogP contribution < -0.4 is 15.8 Å². The van der Waals surface area contributed by atoms with Crippen LogP contribution in [0.3, 0.4) is 0 Å². The van der Waals surface area contributed by atoms with Gasteiger partial charge in [0, 0.05) is 32.8 Å². The monoisotopic (exact) mass is 604 g/mol. The number of sulfonamides is 1. The van der Waals surface area contributed by atoms with Crippen LogP contribution in [-0.2, 0) is 29.1 Å². The number of nitrogens with two attached hydrogens (primary N) is 1. The number of amides is 2. The molecular formula is C27H36N6O8S. The molecule has 2 fully saturated rings. The minimum absolute atomic E-state index is 0.0196.